The third kappa shape index (κ3) is 5.62. The molecule has 0 unspecified atom stereocenters. The molecule has 0 saturated carbocycles. The molecule has 1 amide bonds. The summed E-state index contributed by atoms with van der Waals surface area (Å²) < 4.78 is 8.21. The molecule has 30 heavy (non-hydrogen) atoms. The third-order valence-corrected chi connectivity index (χ3v) is 5.24. The Morgan fingerprint density at radius 2 is 1.83 bits per heavy atom. The molecule has 0 radical (unpaired) electrons. The van der Waals surface area contributed by atoms with Crippen LogP contribution in [0.25, 0.3) is 11.0 Å². The van der Waals surface area contributed by atoms with Gasteiger partial charge in [-0.05, 0) is 41.7 Å². The number of aromatic nitrogens is 2. The fourth-order valence-corrected chi connectivity index (χ4v) is 3.47. The van der Waals surface area contributed by atoms with Gasteiger partial charge in [-0.1, -0.05) is 52.0 Å². The van der Waals surface area contributed by atoms with Crippen LogP contribution in [-0.4, -0.2) is 28.6 Å². The van der Waals surface area contributed by atoms with Crippen molar-refractivity contribution >= 4 is 16.9 Å². The Labute approximate surface area is 179 Å². The molecule has 0 aliphatic carbocycles. The predicted molar refractivity (Wildman–Crippen MR) is 122 cm³/mol. The van der Waals surface area contributed by atoms with Crippen LogP contribution >= 0.6 is 0 Å². The number of benzene rings is 2. The Kier molecular flexibility index (Phi) is 7.14. The molecule has 1 N–H and O–H groups in total. The molecular formula is C25H33N3O2. The molecule has 0 bridgehead atoms. The van der Waals surface area contributed by atoms with Crippen LogP contribution in [0.3, 0.4) is 0 Å². The lowest BCUT2D eigenvalue weighted by Crippen LogP contribution is -2.25. The van der Waals surface area contributed by atoms with Gasteiger partial charge in [0.05, 0.1) is 17.6 Å². The molecule has 1 aromatic heterocycles. The number of nitrogens with one attached hydrogen (secondary N) is 1. The van der Waals surface area contributed by atoms with Crippen molar-refractivity contribution in [3.05, 3.63) is 59.9 Å². The summed E-state index contributed by atoms with van der Waals surface area (Å²) in [5, 5.41) is 2.94. The van der Waals surface area contributed by atoms with Crippen LogP contribution in [0.1, 0.15) is 51.9 Å². The maximum Gasteiger partial charge on any atom is 0.219 e. The van der Waals surface area contributed by atoms with E-state index in [9.17, 15) is 4.79 Å². The van der Waals surface area contributed by atoms with Gasteiger partial charge in [0.25, 0.3) is 0 Å². The van der Waals surface area contributed by atoms with Crippen molar-refractivity contribution in [2.45, 2.75) is 58.9 Å². The molecule has 2 aromatic carbocycles. The average Bonchev–Trinajstić information content (AvgIpc) is 3.08. The summed E-state index contributed by atoms with van der Waals surface area (Å²) in [6.07, 6.45) is 2.11. The van der Waals surface area contributed by atoms with Crippen LogP contribution in [0.2, 0.25) is 0 Å². The zero-order chi connectivity index (χ0) is 21.6. The van der Waals surface area contributed by atoms with Crippen LogP contribution in [-0.2, 0) is 23.2 Å². The number of aryl methyl sites for hydroxylation is 1. The second-order valence-corrected chi connectivity index (χ2v) is 8.60. The summed E-state index contributed by atoms with van der Waals surface area (Å²) >= 11 is 0. The molecule has 160 valence electrons. The first kappa shape index (κ1) is 21.9. The summed E-state index contributed by atoms with van der Waals surface area (Å²) in [7, 11) is 0. The Hall–Kier alpha value is -2.82. The van der Waals surface area contributed by atoms with Crippen molar-refractivity contribution in [3.8, 4) is 5.75 Å². The van der Waals surface area contributed by atoms with Gasteiger partial charge >= 0.3 is 0 Å². The molecule has 3 rings (SSSR count). The number of carbonyl (C=O) groups is 1. The monoisotopic (exact) mass is 407 g/mol. The molecule has 0 saturated heterocycles. The number of hydrogen-bond acceptors (Lipinski definition) is 3. The van der Waals surface area contributed by atoms with E-state index in [1.165, 1.54) is 5.56 Å². The first-order chi connectivity index (χ1) is 14.4. The van der Waals surface area contributed by atoms with Crippen LogP contribution in [0.4, 0.5) is 0 Å². The van der Waals surface area contributed by atoms with Gasteiger partial charge in [-0.25, -0.2) is 4.98 Å². The van der Waals surface area contributed by atoms with E-state index >= 15 is 0 Å². The van der Waals surface area contributed by atoms with E-state index in [4.69, 9.17) is 9.72 Å². The largest absolute Gasteiger partial charge is 0.494 e. The molecule has 5 nitrogen and oxygen atoms in total. The van der Waals surface area contributed by atoms with E-state index in [0.717, 1.165) is 42.0 Å². The number of para-hydroxylation sites is 2. The van der Waals surface area contributed by atoms with Crippen molar-refractivity contribution in [2.24, 2.45) is 0 Å². The SMILES string of the molecule is CCC(=O)NCCc1nc2ccccc2n1CCCOc1ccc(C(C)(C)C)cc1. The highest BCUT2D eigenvalue weighted by Gasteiger charge is 2.13. The fraction of sp³-hybridized carbons (Fsp3) is 0.440. The zero-order valence-electron chi connectivity index (χ0n) is 18.6. The molecule has 0 atom stereocenters. The van der Waals surface area contributed by atoms with Crippen LogP contribution in [0, 0.1) is 0 Å². The first-order valence-corrected chi connectivity index (χ1v) is 10.8. The standard InChI is InChI=1S/C25H33N3O2/c1-5-24(29)26-16-15-23-27-21-9-6-7-10-22(21)28(23)17-8-18-30-20-13-11-19(12-14-20)25(2,3)4/h6-7,9-14H,5,8,15-18H2,1-4H3,(H,26,29). The van der Waals surface area contributed by atoms with Crippen molar-refractivity contribution in [3.63, 3.8) is 0 Å². The number of ether oxygens (including phenoxy) is 1. The van der Waals surface area contributed by atoms with E-state index in [1.54, 1.807) is 0 Å². The number of rotatable bonds is 9. The number of amides is 1. The van der Waals surface area contributed by atoms with Gasteiger partial charge in [0.1, 0.15) is 11.6 Å². The van der Waals surface area contributed by atoms with Crippen molar-refractivity contribution in [2.75, 3.05) is 13.2 Å². The van der Waals surface area contributed by atoms with Gasteiger partial charge in [-0.15, -0.1) is 0 Å². The van der Waals surface area contributed by atoms with E-state index < -0.39 is 0 Å². The summed E-state index contributed by atoms with van der Waals surface area (Å²) in [6, 6.07) is 16.6. The fourth-order valence-electron chi connectivity index (χ4n) is 3.47. The number of imidazole rings is 1. The van der Waals surface area contributed by atoms with Crippen molar-refractivity contribution in [1.29, 1.82) is 0 Å². The summed E-state index contributed by atoms with van der Waals surface area (Å²) in [6.45, 7) is 10.6. The van der Waals surface area contributed by atoms with E-state index in [2.05, 4.69) is 61.0 Å². The Balaban J connectivity index is 1.59. The molecular weight excluding hydrogens is 374 g/mol. The highest BCUT2D eigenvalue weighted by atomic mass is 16.5. The number of nitrogens with zero attached hydrogens (tertiary/aromatic N) is 2. The van der Waals surface area contributed by atoms with Gasteiger partial charge in [0, 0.05) is 25.9 Å². The molecule has 5 heteroatoms. The average molecular weight is 408 g/mol. The van der Waals surface area contributed by atoms with Crippen LogP contribution < -0.4 is 10.1 Å². The van der Waals surface area contributed by atoms with Crippen molar-refractivity contribution in [1.82, 2.24) is 14.9 Å². The van der Waals surface area contributed by atoms with Gasteiger partial charge in [-0.2, -0.15) is 0 Å². The number of hydrogen-bond donors (Lipinski definition) is 1. The predicted octanol–water partition coefficient (Wildman–Crippen LogP) is 4.87. The molecule has 0 aliphatic rings. The van der Waals surface area contributed by atoms with Crippen LogP contribution in [0.15, 0.2) is 48.5 Å². The van der Waals surface area contributed by atoms with Crippen molar-refractivity contribution < 1.29 is 9.53 Å². The normalized spacial score (nSPS) is 11.6. The van der Waals surface area contributed by atoms with Crippen LogP contribution in [0.5, 0.6) is 5.75 Å². The summed E-state index contributed by atoms with van der Waals surface area (Å²) in [4.78, 5) is 16.3. The zero-order valence-corrected chi connectivity index (χ0v) is 18.6. The Morgan fingerprint density at radius 3 is 2.53 bits per heavy atom. The highest BCUT2D eigenvalue weighted by molar-refractivity contribution is 5.76. The summed E-state index contributed by atoms with van der Waals surface area (Å²) in [5.74, 6) is 1.98. The Bertz CT molecular complexity index is 968. The minimum absolute atomic E-state index is 0.0727. The highest BCUT2D eigenvalue weighted by Crippen LogP contribution is 2.24. The minimum atomic E-state index is 0.0727. The lowest BCUT2D eigenvalue weighted by molar-refractivity contribution is -0.120. The van der Waals surface area contributed by atoms with E-state index in [1.807, 2.05) is 25.1 Å². The second-order valence-electron chi connectivity index (χ2n) is 8.60. The van der Waals surface area contributed by atoms with E-state index in [-0.39, 0.29) is 11.3 Å². The molecule has 1 heterocycles. The first-order valence-electron chi connectivity index (χ1n) is 10.8. The lowest BCUT2D eigenvalue weighted by atomic mass is 9.87. The number of fused-ring (bicyclic) bond motifs is 1. The number of carbonyl (C=O) groups excluding carboxylic acids is 1. The quantitative estimate of drug-likeness (QED) is 0.515. The summed E-state index contributed by atoms with van der Waals surface area (Å²) in [5.41, 5.74) is 3.57. The van der Waals surface area contributed by atoms with Gasteiger partial charge in [-0.3, -0.25) is 4.79 Å². The van der Waals surface area contributed by atoms with Gasteiger partial charge < -0.3 is 14.6 Å². The molecule has 3 aromatic rings. The van der Waals surface area contributed by atoms with Gasteiger partial charge in [0.2, 0.25) is 5.91 Å². The Morgan fingerprint density at radius 1 is 1.10 bits per heavy atom. The minimum Gasteiger partial charge on any atom is -0.494 e. The smallest absolute Gasteiger partial charge is 0.219 e. The second kappa shape index (κ2) is 9.79. The van der Waals surface area contributed by atoms with E-state index in [0.29, 0.717) is 19.6 Å². The molecule has 0 aliphatic heterocycles. The molecule has 0 spiro atoms. The molecule has 0 fully saturated rings. The maximum absolute atomic E-state index is 11.5. The third-order valence-electron chi connectivity index (χ3n) is 5.24. The van der Waals surface area contributed by atoms with Gasteiger partial charge in [0.15, 0.2) is 0 Å². The lowest BCUT2D eigenvalue weighted by Gasteiger charge is -2.19. The maximum atomic E-state index is 11.5. The topological polar surface area (TPSA) is 56.2 Å².